The Hall–Kier alpha value is -2.27. The summed E-state index contributed by atoms with van der Waals surface area (Å²) in [6.07, 6.45) is 5.91. The summed E-state index contributed by atoms with van der Waals surface area (Å²) in [5.74, 6) is 0.913. The normalized spacial score (nSPS) is 15.2. The molecular weight excluding hydrogens is 354 g/mol. The SMILES string of the molecule is CC(=O)N(Cc1nc(C)nc2sc(-c3ccccc3)cc12)C1CCCCC1. The van der Waals surface area contributed by atoms with E-state index >= 15 is 0 Å². The minimum Gasteiger partial charge on any atom is -0.334 e. The molecule has 1 amide bonds. The number of fused-ring (bicyclic) bond motifs is 1. The molecule has 140 valence electrons. The zero-order valence-electron chi connectivity index (χ0n) is 15.9. The van der Waals surface area contributed by atoms with Gasteiger partial charge in [-0.15, -0.1) is 11.3 Å². The van der Waals surface area contributed by atoms with Gasteiger partial charge in [0.05, 0.1) is 12.2 Å². The quantitative estimate of drug-likeness (QED) is 0.614. The molecule has 1 aliphatic carbocycles. The third-order valence-corrected chi connectivity index (χ3v) is 6.46. The van der Waals surface area contributed by atoms with Crippen LogP contribution in [0.1, 0.15) is 50.5 Å². The van der Waals surface area contributed by atoms with E-state index in [0.29, 0.717) is 12.6 Å². The fourth-order valence-corrected chi connectivity index (χ4v) is 5.12. The first-order valence-corrected chi connectivity index (χ1v) is 10.5. The number of carbonyl (C=O) groups is 1. The molecule has 1 aromatic carbocycles. The van der Waals surface area contributed by atoms with Crippen molar-refractivity contribution in [3.8, 4) is 10.4 Å². The lowest BCUT2D eigenvalue weighted by Crippen LogP contribution is -2.39. The van der Waals surface area contributed by atoms with Gasteiger partial charge in [-0.25, -0.2) is 9.97 Å². The Bertz CT molecular complexity index is 945. The minimum atomic E-state index is 0.143. The highest BCUT2D eigenvalue weighted by Crippen LogP contribution is 2.34. The van der Waals surface area contributed by atoms with Gasteiger partial charge in [-0.1, -0.05) is 49.6 Å². The first-order valence-electron chi connectivity index (χ1n) is 9.71. The topological polar surface area (TPSA) is 46.1 Å². The van der Waals surface area contributed by atoms with E-state index in [1.54, 1.807) is 18.3 Å². The van der Waals surface area contributed by atoms with Crippen LogP contribution in [0.25, 0.3) is 20.7 Å². The third kappa shape index (κ3) is 3.88. The van der Waals surface area contributed by atoms with Gasteiger partial charge in [-0.3, -0.25) is 4.79 Å². The monoisotopic (exact) mass is 379 g/mol. The number of hydrogen-bond acceptors (Lipinski definition) is 4. The molecular formula is C22H25N3OS. The number of hydrogen-bond donors (Lipinski definition) is 0. The molecule has 2 aromatic heterocycles. The van der Waals surface area contributed by atoms with Crippen LogP contribution in [0.3, 0.4) is 0 Å². The van der Waals surface area contributed by atoms with Crippen molar-refractivity contribution in [3.63, 3.8) is 0 Å². The molecule has 3 aromatic rings. The predicted octanol–water partition coefficient (Wildman–Crippen LogP) is 5.35. The second-order valence-electron chi connectivity index (χ2n) is 7.35. The second-order valence-corrected chi connectivity index (χ2v) is 8.38. The Morgan fingerprint density at radius 2 is 1.89 bits per heavy atom. The predicted molar refractivity (Wildman–Crippen MR) is 111 cm³/mol. The van der Waals surface area contributed by atoms with Crippen LogP contribution in [0.15, 0.2) is 36.4 Å². The Labute approximate surface area is 164 Å². The zero-order valence-corrected chi connectivity index (χ0v) is 16.8. The first kappa shape index (κ1) is 18.1. The Morgan fingerprint density at radius 3 is 2.59 bits per heavy atom. The van der Waals surface area contributed by atoms with Gasteiger partial charge in [0.2, 0.25) is 5.91 Å². The molecule has 0 N–H and O–H groups in total. The molecule has 0 unspecified atom stereocenters. The Balaban J connectivity index is 1.71. The molecule has 5 heteroatoms. The van der Waals surface area contributed by atoms with Crippen molar-refractivity contribution in [3.05, 3.63) is 47.9 Å². The minimum absolute atomic E-state index is 0.143. The smallest absolute Gasteiger partial charge is 0.220 e. The number of amides is 1. The average molecular weight is 380 g/mol. The van der Waals surface area contributed by atoms with E-state index < -0.39 is 0 Å². The maximum absolute atomic E-state index is 12.4. The summed E-state index contributed by atoms with van der Waals surface area (Å²) in [5, 5.41) is 1.08. The molecule has 0 atom stereocenters. The molecule has 4 rings (SSSR count). The lowest BCUT2D eigenvalue weighted by Gasteiger charge is -2.33. The van der Waals surface area contributed by atoms with Crippen molar-refractivity contribution in [1.82, 2.24) is 14.9 Å². The van der Waals surface area contributed by atoms with Crippen molar-refractivity contribution < 1.29 is 4.79 Å². The molecule has 1 aliphatic rings. The van der Waals surface area contributed by atoms with E-state index in [1.807, 2.05) is 17.9 Å². The second kappa shape index (κ2) is 7.77. The van der Waals surface area contributed by atoms with Crippen LogP contribution >= 0.6 is 11.3 Å². The van der Waals surface area contributed by atoms with Crippen LogP contribution in [-0.4, -0.2) is 26.8 Å². The summed E-state index contributed by atoms with van der Waals surface area (Å²) in [6.45, 7) is 4.19. The summed E-state index contributed by atoms with van der Waals surface area (Å²) < 4.78 is 0. The number of benzene rings is 1. The maximum Gasteiger partial charge on any atom is 0.220 e. The molecule has 0 radical (unpaired) electrons. The lowest BCUT2D eigenvalue weighted by atomic mass is 9.94. The molecule has 0 spiro atoms. The number of aryl methyl sites for hydroxylation is 1. The average Bonchev–Trinajstić information content (AvgIpc) is 3.11. The van der Waals surface area contributed by atoms with Gasteiger partial charge >= 0.3 is 0 Å². The van der Waals surface area contributed by atoms with Gasteiger partial charge in [0.15, 0.2) is 0 Å². The van der Waals surface area contributed by atoms with Crippen LogP contribution in [0.5, 0.6) is 0 Å². The largest absolute Gasteiger partial charge is 0.334 e. The molecule has 4 nitrogen and oxygen atoms in total. The van der Waals surface area contributed by atoms with Crippen LogP contribution in [0.4, 0.5) is 0 Å². The van der Waals surface area contributed by atoms with Crippen molar-refractivity contribution in [2.45, 2.75) is 58.5 Å². The highest BCUT2D eigenvalue weighted by molar-refractivity contribution is 7.21. The standard InChI is InChI=1S/C22H25N3OS/c1-15-23-20(14-25(16(2)26)18-11-7-4-8-12-18)19-13-21(27-22(19)24-15)17-9-5-3-6-10-17/h3,5-6,9-10,13,18H,4,7-8,11-12,14H2,1-2H3. The first-order chi connectivity index (χ1) is 13.1. The summed E-state index contributed by atoms with van der Waals surface area (Å²) in [7, 11) is 0. The van der Waals surface area contributed by atoms with Crippen LogP contribution in [-0.2, 0) is 11.3 Å². The van der Waals surface area contributed by atoms with Crippen LogP contribution in [0.2, 0.25) is 0 Å². The molecule has 27 heavy (non-hydrogen) atoms. The van der Waals surface area contributed by atoms with Crippen molar-refractivity contribution in [1.29, 1.82) is 0 Å². The molecule has 1 fully saturated rings. The summed E-state index contributed by atoms with van der Waals surface area (Å²) in [6, 6.07) is 12.9. The zero-order chi connectivity index (χ0) is 18.8. The third-order valence-electron chi connectivity index (χ3n) is 5.38. The van der Waals surface area contributed by atoms with E-state index in [2.05, 4.69) is 35.3 Å². The van der Waals surface area contributed by atoms with Crippen LogP contribution in [0, 0.1) is 6.92 Å². The van der Waals surface area contributed by atoms with Crippen molar-refractivity contribution >= 4 is 27.5 Å². The lowest BCUT2D eigenvalue weighted by molar-refractivity contribution is -0.132. The van der Waals surface area contributed by atoms with E-state index in [1.165, 1.54) is 29.7 Å². The van der Waals surface area contributed by atoms with Crippen molar-refractivity contribution in [2.24, 2.45) is 0 Å². The Morgan fingerprint density at radius 1 is 1.15 bits per heavy atom. The van der Waals surface area contributed by atoms with E-state index in [4.69, 9.17) is 4.98 Å². The number of aromatic nitrogens is 2. The number of nitrogens with zero attached hydrogens (tertiary/aromatic N) is 3. The fourth-order valence-electron chi connectivity index (χ4n) is 4.02. The van der Waals surface area contributed by atoms with E-state index in [0.717, 1.165) is 34.6 Å². The van der Waals surface area contributed by atoms with Gasteiger partial charge in [0.1, 0.15) is 10.7 Å². The molecule has 0 bridgehead atoms. The van der Waals surface area contributed by atoms with E-state index in [9.17, 15) is 4.79 Å². The van der Waals surface area contributed by atoms with E-state index in [-0.39, 0.29) is 5.91 Å². The molecule has 1 saturated carbocycles. The number of rotatable bonds is 4. The summed E-state index contributed by atoms with van der Waals surface area (Å²) in [5.41, 5.74) is 2.16. The van der Waals surface area contributed by atoms with Gasteiger partial charge in [-0.2, -0.15) is 0 Å². The highest BCUT2D eigenvalue weighted by Gasteiger charge is 2.25. The van der Waals surface area contributed by atoms with Gasteiger partial charge in [-0.05, 0) is 31.4 Å². The Kier molecular flexibility index (Phi) is 5.21. The molecule has 2 heterocycles. The maximum atomic E-state index is 12.4. The fraction of sp³-hybridized carbons (Fsp3) is 0.409. The van der Waals surface area contributed by atoms with Gasteiger partial charge < -0.3 is 4.90 Å². The highest BCUT2D eigenvalue weighted by atomic mass is 32.1. The van der Waals surface area contributed by atoms with Gasteiger partial charge in [0.25, 0.3) is 0 Å². The number of thiophene rings is 1. The van der Waals surface area contributed by atoms with Crippen LogP contribution < -0.4 is 0 Å². The van der Waals surface area contributed by atoms with Crippen molar-refractivity contribution in [2.75, 3.05) is 0 Å². The summed E-state index contributed by atoms with van der Waals surface area (Å²) >= 11 is 1.70. The number of carbonyl (C=O) groups excluding carboxylic acids is 1. The molecule has 0 aliphatic heterocycles. The summed E-state index contributed by atoms with van der Waals surface area (Å²) in [4.78, 5) is 26.0. The van der Waals surface area contributed by atoms with Gasteiger partial charge in [0, 0.05) is 23.2 Å². The molecule has 0 saturated heterocycles.